The molecule has 0 aromatic heterocycles. The van der Waals surface area contributed by atoms with Crippen LogP contribution >= 0.6 is 0 Å². The zero-order valence-electron chi connectivity index (χ0n) is 11.5. The molecular formula is C16H16F3NO. The van der Waals surface area contributed by atoms with Crippen LogP contribution in [0.4, 0.5) is 13.2 Å². The van der Waals surface area contributed by atoms with Crippen molar-refractivity contribution in [2.24, 2.45) is 5.73 Å². The molecule has 21 heavy (non-hydrogen) atoms. The zero-order valence-corrected chi connectivity index (χ0v) is 11.5. The molecule has 2 nitrogen and oxygen atoms in total. The van der Waals surface area contributed by atoms with Crippen molar-refractivity contribution in [3.05, 3.63) is 65.5 Å². The Balaban J connectivity index is 2.18. The molecular weight excluding hydrogens is 279 g/mol. The Labute approximate surface area is 121 Å². The van der Waals surface area contributed by atoms with Crippen LogP contribution in [0, 0.1) is 5.82 Å². The van der Waals surface area contributed by atoms with Crippen LogP contribution < -0.4 is 10.5 Å². The summed E-state index contributed by atoms with van der Waals surface area (Å²) in [5.74, 6) is -3.68. The second-order valence-electron chi connectivity index (χ2n) is 4.83. The van der Waals surface area contributed by atoms with E-state index in [1.165, 1.54) is 36.4 Å². The molecule has 1 unspecified atom stereocenters. The molecule has 0 aliphatic rings. The Morgan fingerprint density at radius 2 is 1.81 bits per heavy atom. The van der Waals surface area contributed by atoms with Crippen molar-refractivity contribution >= 4 is 0 Å². The van der Waals surface area contributed by atoms with Crippen LogP contribution in [0.2, 0.25) is 0 Å². The smallest absolute Gasteiger partial charge is 0.306 e. The maximum absolute atomic E-state index is 14.0. The summed E-state index contributed by atoms with van der Waals surface area (Å²) < 4.78 is 46.4. The molecule has 0 saturated carbocycles. The van der Waals surface area contributed by atoms with Gasteiger partial charge in [0.15, 0.2) is 6.61 Å². The number of hydrogen-bond donors (Lipinski definition) is 1. The molecule has 0 fully saturated rings. The second kappa shape index (κ2) is 6.18. The monoisotopic (exact) mass is 295 g/mol. The largest absolute Gasteiger partial charge is 0.486 e. The third-order valence-corrected chi connectivity index (χ3v) is 3.07. The first-order chi connectivity index (χ1) is 9.90. The van der Waals surface area contributed by atoms with Crippen molar-refractivity contribution in [2.45, 2.75) is 18.9 Å². The first-order valence-electron chi connectivity index (χ1n) is 6.51. The van der Waals surface area contributed by atoms with Gasteiger partial charge in [0.2, 0.25) is 0 Å². The summed E-state index contributed by atoms with van der Waals surface area (Å²) in [6.07, 6.45) is 0. The number of nitrogens with two attached hydrogens (primary N) is 1. The SMILES string of the molecule is CC(N)c1ccc(F)cc1OCC(F)(F)c1ccccc1. The average Bonchev–Trinajstić information content (AvgIpc) is 2.46. The Bertz CT molecular complexity index is 600. The fraction of sp³-hybridized carbons (Fsp3) is 0.250. The van der Waals surface area contributed by atoms with E-state index < -0.39 is 24.4 Å². The van der Waals surface area contributed by atoms with Crippen LogP contribution in [0.25, 0.3) is 0 Å². The number of rotatable bonds is 5. The van der Waals surface area contributed by atoms with Crippen molar-refractivity contribution in [1.82, 2.24) is 0 Å². The molecule has 0 saturated heterocycles. The zero-order chi connectivity index (χ0) is 15.5. The second-order valence-corrected chi connectivity index (χ2v) is 4.83. The van der Waals surface area contributed by atoms with Crippen molar-refractivity contribution in [2.75, 3.05) is 6.61 Å². The highest BCUT2D eigenvalue weighted by atomic mass is 19.3. The number of alkyl halides is 2. The van der Waals surface area contributed by atoms with Crippen LogP contribution in [-0.4, -0.2) is 6.61 Å². The van der Waals surface area contributed by atoms with E-state index in [-0.39, 0.29) is 11.3 Å². The summed E-state index contributed by atoms with van der Waals surface area (Å²) in [7, 11) is 0. The Morgan fingerprint density at radius 1 is 1.14 bits per heavy atom. The van der Waals surface area contributed by atoms with Gasteiger partial charge in [-0.1, -0.05) is 36.4 Å². The van der Waals surface area contributed by atoms with Crippen molar-refractivity contribution < 1.29 is 17.9 Å². The fourth-order valence-corrected chi connectivity index (χ4v) is 1.94. The topological polar surface area (TPSA) is 35.2 Å². The fourth-order valence-electron chi connectivity index (χ4n) is 1.94. The van der Waals surface area contributed by atoms with Crippen molar-refractivity contribution in [1.29, 1.82) is 0 Å². The van der Waals surface area contributed by atoms with Gasteiger partial charge in [0, 0.05) is 23.2 Å². The molecule has 0 bridgehead atoms. The number of benzene rings is 2. The molecule has 2 N–H and O–H groups in total. The van der Waals surface area contributed by atoms with E-state index in [9.17, 15) is 13.2 Å². The average molecular weight is 295 g/mol. The molecule has 2 rings (SSSR count). The van der Waals surface area contributed by atoms with Gasteiger partial charge in [-0.05, 0) is 13.0 Å². The van der Waals surface area contributed by atoms with Gasteiger partial charge in [0.25, 0.3) is 0 Å². The quantitative estimate of drug-likeness (QED) is 0.904. The first kappa shape index (κ1) is 15.4. The van der Waals surface area contributed by atoms with Crippen LogP contribution in [0.3, 0.4) is 0 Å². The molecule has 112 valence electrons. The van der Waals surface area contributed by atoms with E-state index in [4.69, 9.17) is 10.5 Å². The lowest BCUT2D eigenvalue weighted by molar-refractivity contribution is -0.0470. The highest BCUT2D eigenvalue weighted by molar-refractivity contribution is 5.36. The van der Waals surface area contributed by atoms with E-state index in [2.05, 4.69) is 0 Å². The van der Waals surface area contributed by atoms with Crippen LogP contribution in [-0.2, 0) is 5.92 Å². The van der Waals surface area contributed by atoms with Crippen LogP contribution in [0.1, 0.15) is 24.1 Å². The molecule has 0 radical (unpaired) electrons. The van der Waals surface area contributed by atoms with Gasteiger partial charge in [0.1, 0.15) is 11.6 Å². The standard InChI is InChI=1S/C16H16F3NO/c1-11(20)14-8-7-13(17)9-15(14)21-10-16(18,19)12-5-3-2-4-6-12/h2-9,11H,10,20H2,1H3. The van der Waals surface area contributed by atoms with Gasteiger partial charge < -0.3 is 10.5 Å². The summed E-state index contributed by atoms with van der Waals surface area (Å²) in [4.78, 5) is 0. The van der Waals surface area contributed by atoms with Crippen LogP contribution in [0.15, 0.2) is 48.5 Å². The van der Waals surface area contributed by atoms with Gasteiger partial charge >= 0.3 is 5.92 Å². The minimum Gasteiger partial charge on any atom is -0.486 e. The van der Waals surface area contributed by atoms with Gasteiger partial charge in [0.05, 0.1) is 0 Å². The number of halogens is 3. The molecule has 5 heteroatoms. The molecule has 1 atom stereocenters. The molecule has 0 aliphatic heterocycles. The normalized spacial score (nSPS) is 13.0. The summed E-state index contributed by atoms with van der Waals surface area (Å²) in [6, 6.07) is 10.6. The Hall–Kier alpha value is -2.01. The van der Waals surface area contributed by atoms with E-state index in [0.29, 0.717) is 5.56 Å². The maximum Gasteiger partial charge on any atom is 0.306 e. The predicted octanol–water partition coefficient (Wildman–Crippen LogP) is 4.02. The lowest BCUT2D eigenvalue weighted by atomic mass is 10.1. The predicted molar refractivity (Wildman–Crippen MR) is 74.8 cm³/mol. The minimum absolute atomic E-state index is 0.0422. The highest BCUT2D eigenvalue weighted by Crippen LogP contribution is 2.31. The number of ether oxygens (including phenoxy) is 1. The lowest BCUT2D eigenvalue weighted by Crippen LogP contribution is -2.23. The van der Waals surface area contributed by atoms with Gasteiger partial charge in [-0.15, -0.1) is 0 Å². The van der Waals surface area contributed by atoms with Gasteiger partial charge in [-0.2, -0.15) is 8.78 Å². The van der Waals surface area contributed by atoms with Crippen LogP contribution in [0.5, 0.6) is 5.75 Å². The lowest BCUT2D eigenvalue weighted by Gasteiger charge is -2.20. The molecule has 0 amide bonds. The van der Waals surface area contributed by atoms with Gasteiger partial charge in [-0.3, -0.25) is 0 Å². The molecule has 0 spiro atoms. The van der Waals surface area contributed by atoms with E-state index in [0.717, 1.165) is 6.07 Å². The molecule has 2 aromatic carbocycles. The third kappa shape index (κ3) is 3.76. The van der Waals surface area contributed by atoms with E-state index >= 15 is 0 Å². The minimum atomic E-state index is -3.16. The van der Waals surface area contributed by atoms with E-state index in [1.807, 2.05) is 0 Å². The molecule has 0 heterocycles. The summed E-state index contributed by atoms with van der Waals surface area (Å²) in [6.45, 7) is 0.801. The first-order valence-corrected chi connectivity index (χ1v) is 6.51. The maximum atomic E-state index is 14.0. The molecule has 0 aliphatic carbocycles. The van der Waals surface area contributed by atoms with Crippen molar-refractivity contribution in [3.8, 4) is 5.75 Å². The Morgan fingerprint density at radius 3 is 2.43 bits per heavy atom. The summed E-state index contributed by atoms with van der Waals surface area (Å²) in [5, 5.41) is 0. The third-order valence-electron chi connectivity index (χ3n) is 3.07. The number of hydrogen-bond acceptors (Lipinski definition) is 2. The Kier molecular flexibility index (Phi) is 4.53. The van der Waals surface area contributed by atoms with Gasteiger partial charge in [-0.25, -0.2) is 4.39 Å². The highest BCUT2D eigenvalue weighted by Gasteiger charge is 2.32. The van der Waals surface area contributed by atoms with E-state index in [1.54, 1.807) is 13.0 Å². The van der Waals surface area contributed by atoms with Crippen molar-refractivity contribution in [3.63, 3.8) is 0 Å². The molecule has 2 aromatic rings. The summed E-state index contributed by atoms with van der Waals surface area (Å²) >= 11 is 0. The summed E-state index contributed by atoms with van der Waals surface area (Å²) in [5.41, 5.74) is 6.06.